The molecule has 5 heteroatoms. The Balaban J connectivity index is 0. The molecule has 0 aromatic rings. The first-order valence-electron chi connectivity index (χ1n) is 6.69. The van der Waals surface area contributed by atoms with Gasteiger partial charge in [0, 0.05) is 0 Å². The molecule has 0 saturated heterocycles. The first-order chi connectivity index (χ1) is 8.57. The molecular weight excluding hydrogens is 255 g/mol. The molecule has 1 unspecified atom stereocenters. The van der Waals surface area contributed by atoms with Crippen molar-refractivity contribution < 1.29 is 19.8 Å². The Morgan fingerprint density at radius 3 is 2.16 bits per heavy atom. The number of carbonyl (C=O) groups is 2. The molecule has 2 N–H and O–H groups in total. The van der Waals surface area contributed by atoms with Gasteiger partial charge in [0.25, 0.3) is 0 Å². The molecule has 106 valence electrons. The van der Waals surface area contributed by atoms with Crippen LogP contribution in [-0.2, 0) is 9.59 Å². The van der Waals surface area contributed by atoms with Crippen LogP contribution in [0, 0.1) is 5.92 Å². The molecule has 0 amide bonds. The van der Waals surface area contributed by atoms with E-state index in [4.69, 9.17) is 10.2 Å². The zero-order valence-electron chi connectivity index (χ0n) is 11.1. The van der Waals surface area contributed by atoms with Crippen molar-refractivity contribution in [2.45, 2.75) is 58.3 Å². The second-order valence-corrected chi connectivity index (χ2v) is 4.53. The van der Waals surface area contributed by atoms with E-state index in [1.54, 1.807) is 6.08 Å². The maximum absolute atomic E-state index is 10.8. The number of aliphatic carboxylic acids is 2. The number of carboxylic acid groups (broad SMARTS) is 2. The van der Waals surface area contributed by atoms with Crippen LogP contribution in [-0.4, -0.2) is 51.7 Å². The number of hydrogen-bond acceptors (Lipinski definition) is 2. The molecule has 0 aromatic carbocycles. The van der Waals surface area contributed by atoms with Gasteiger partial charge in [-0.1, -0.05) is 51.2 Å². The van der Waals surface area contributed by atoms with Gasteiger partial charge in [0.1, 0.15) is 0 Å². The zero-order chi connectivity index (χ0) is 13.8. The third-order valence-corrected chi connectivity index (χ3v) is 2.80. The molecule has 0 fully saturated rings. The summed E-state index contributed by atoms with van der Waals surface area (Å²) in [7, 11) is 0. The molecule has 0 heterocycles. The van der Waals surface area contributed by atoms with Crippen molar-refractivity contribution in [3.63, 3.8) is 0 Å². The first kappa shape index (κ1) is 21.0. The van der Waals surface area contributed by atoms with Crippen molar-refractivity contribution in [1.82, 2.24) is 0 Å². The van der Waals surface area contributed by atoms with E-state index in [2.05, 4.69) is 6.92 Å². The fraction of sp³-hybridized carbons (Fsp3) is 0.714. The summed E-state index contributed by atoms with van der Waals surface area (Å²) in [6.07, 6.45) is 11.0. The third kappa shape index (κ3) is 13.9. The molecule has 0 aliphatic carbocycles. The Hall–Kier alpha value is -0.320. The molecule has 4 nitrogen and oxygen atoms in total. The summed E-state index contributed by atoms with van der Waals surface area (Å²) < 4.78 is 0. The van der Waals surface area contributed by atoms with Gasteiger partial charge in [-0.05, 0) is 12.8 Å². The fourth-order valence-electron chi connectivity index (χ4n) is 1.73. The second-order valence-electron chi connectivity index (χ2n) is 4.53. The summed E-state index contributed by atoms with van der Waals surface area (Å²) >= 11 is 0. The topological polar surface area (TPSA) is 74.6 Å². The predicted molar refractivity (Wildman–Crippen MR) is 77.7 cm³/mol. The monoisotopic (exact) mass is 280 g/mol. The van der Waals surface area contributed by atoms with Gasteiger partial charge in [0.15, 0.2) is 0 Å². The Bertz CT molecular complexity index is 277. The summed E-state index contributed by atoms with van der Waals surface area (Å²) in [5.41, 5.74) is 0. The molecule has 0 aliphatic heterocycles. The number of allylic oxidation sites excluding steroid dienone is 1. The minimum atomic E-state index is -1.08. The third-order valence-electron chi connectivity index (χ3n) is 2.80. The van der Waals surface area contributed by atoms with Crippen molar-refractivity contribution >= 4 is 41.5 Å². The van der Waals surface area contributed by atoms with Crippen LogP contribution in [0.5, 0.6) is 0 Å². The van der Waals surface area contributed by atoms with Gasteiger partial charge in [-0.25, -0.2) is 0 Å². The van der Waals surface area contributed by atoms with E-state index in [9.17, 15) is 9.59 Å². The van der Waals surface area contributed by atoms with Gasteiger partial charge in [-0.2, -0.15) is 0 Å². The molecule has 0 bridgehead atoms. The van der Waals surface area contributed by atoms with Crippen molar-refractivity contribution in [3.05, 3.63) is 12.2 Å². The maximum atomic E-state index is 10.8. The van der Waals surface area contributed by atoms with Crippen molar-refractivity contribution in [2.75, 3.05) is 0 Å². The molecule has 0 rings (SSSR count). The van der Waals surface area contributed by atoms with E-state index < -0.39 is 17.9 Å². The Labute approximate surface area is 137 Å². The van der Waals surface area contributed by atoms with Gasteiger partial charge in [0.2, 0.25) is 0 Å². The van der Waals surface area contributed by atoms with Crippen LogP contribution in [0.2, 0.25) is 0 Å². The number of rotatable bonds is 11. The minimum absolute atomic E-state index is 0. The van der Waals surface area contributed by atoms with E-state index in [0.29, 0.717) is 0 Å². The van der Waals surface area contributed by atoms with Gasteiger partial charge in [0.05, 0.1) is 12.3 Å². The van der Waals surface area contributed by atoms with Crippen LogP contribution in [0.4, 0.5) is 0 Å². The second kappa shape index (κ2) is 14.1. The molecule has 1 atom stereocenters. The van der Waals surface area contributed by atoms with Crippen molar-refractivity contribution in [3.8, 4) is 0 Å². The van der Waals surface area contributed by atoms with Crippen LogP contribution in [0.3, 0.4) is 0 Å². The van der Waals surface area contributed by atoms with Crippen molar-refractivity contribution in [1.29, 1.82) is 0 Å². The van der Waals surface area contributed by atoms with Gasteiger partial charge in [-0.15, -0.1) is 0 Å². The van der Waals surface area contributed by atoms with E-state index in [1.807, 2.05) is 0 Å². The van der Waals surface area contributed by atoms with Gasteiger partial charge < -0.3 is 10.2 Å². The molecule has 0 aliphatic rings. The average molecular weight is 280 g/mol. The Morgan fingerprint density at radius 2 is 1.63 bits per heavy atom. The summed E-state index contributed by atoms with van der Waals surface area (Å²) in [4.78, 5) is 21.2. The van der Waals surface area contributed by atoms with Crippen LogP contribution in [0.25, 0.3) is 0 Å². The number of carboxylic acids is 2. The summed E-state index contributed by atoms with van der Waals surface area (Å²) in [5.74, 6) is -3.05. The van der Waals surface area contributed by atoms with Crippen LogP contribution >= 0.6 is 0 Å². The standard InChI is InChI=1S/C14H24O4.Na.H/c1-2-3-4-5-6-7-8-9-10-12(14(17)18)11-13(15)16;;/h9-10,12H,2-8,11H2,1H3,(H,15,16)(H,17,18);;. The number of unbranched alkanes of at least 4 members (excludes halogenated alkanes) is 6. The molecule has 0 spiro atoms. The first-order valence-corrected chi connectivity index (χ1v) is 6.69. The fourth-order valence-corrected chi connectivity index (χ4v) is 1.73. The molecule has 19 heavy (non-hydrogen) atoms. The van der Waals surface area contributed by atoms with Crippen LogP contribution in [0.15, 0.2) is 12.2 Å². The van der Waals surface area contributed by atoms with Gasteiger partial charge in [-0.3, -0.25) is 9.59 Å². The van der Waals surface area contributed by atoms with Gasteiger partial charge >= 0.3 is 41.5 Å². The van der Waals surface area contributed by atoms with E-state index in [1.165, 1.54) is 31.8 Å². The molecule has 0 radical (unpaired) electrons. The van der Waals surface area contributed by atoms with E-state index >= 15 is 0 Å². The SMILES string of the molecule is CCCCCCCCC=CC(CC(=O)O)C(=O)O.[NaH]. The average Bonchev–Trinajstić information content (AvgIpc) is 2.30. The normalized spacial score (nSPS) is 12.1. The number of hydrogen-bond donors (Lipinski definition) is 2. The summed E-state index contributed by atoms with van der Waals surface area (Å²) in [5, 5.41) is 17.4. The Morgan fingerprint density at radius 1 is 1.05 bits per heavy atom. The summed E-state index contributed by atoms with van der Waals surface area (Å²) in [6.45, 7) is 2.18. The van der Waals surface area contributed by atoms with Crippen molar-refractivity contribution in [2.24, 2.45) is 5.92 Å². The molecule has 0 saturated carbocycles. The van der Waals surface area contributed by atoms with Crippen LogP contribution < -0.4 is 0 Å². The quantitative estimate of drug-likeness (QED) is 0.347. The zero-order valence-corrected chi connectivity index (χ0v) is 11.1. The summed E-state index contributed by atoms with van der Waals surface area (Å²) in [6, 6.07) is 0. The van der Waals surface area contributed by atoms with E-state index in [-0.39, 0.29) is 36.0 Å². The Kier molecular flexibility index (Phi) is 15.6. The molecule has 0 aromatic heterocycles. The van der Waals surface area contributed by atoms with Crippen LogP contribution in [0.1, 0.15) is 58.3 Å². The van der Waals surface area contributed by atoms with E-state index in [0.717, 1.165) is 19.3 Å². The molecular formula is C14H25NaO4. The predicted octanol–water partition coefficient (Wildman–Crippen LogP) is 2.82.